The van der Waals surface area contributed by atoms with E-state index >= 15 is 0 Å². The summed E-state index contributed by atoms with van der Waals surface area (Å²) in [6, 6.07) is 1.94. The zero-order valence-corrected chi connectivity index (χ0v) is 11.1. The molecule has 0 aromatic carbocycles. The number of thiazole rings is 1. The first-order chi connectivity index (χ1) is 8.79. The number of anilines is 1. The SMILES string of the molecule is CC(C)(Nc1cc(C(F)(F)F)ccn1)c1nccs1. The van der Waals surface area contributed by atoms with Crippen LogP contribution in [0.5, 0.6) is 0 Å². The molecule has 0 bridgehead atoms. The maximum absolute atomic E-state index is 12.6. The quantitative estimate of drug-likeness (QED) is 0.930. The van der Waals surface area contributed by atoms with Gasteiger partial charge in [-0.1, -0.05) is 0 Å². The molecule has 3 nitrogen and oxygen atoms in total. The van der Waals surface area contributed by atoms with Crippen molar-refractivity contribution in [3.63, 3.8) is 0 Å². The van der Waals surface area contributed by atoms with Crippen LogP contribution >= 0.6 is 11.3 Å². The minimum Gasteiger partial charge on any atom is -0.359 e. The van der Waals surface area contributed by atoms with Crippen molar-refractivity contribution in [1.29, 1.82) is 0 Å². The molecule has 0 amide bonds. The number of pyridine rings is 1. The Kier molecular flexibility index (Phi) is 3.49. The van der Waals surface area contributed by atoms with Crippen molar-refractivity contribution in [1.82, 2.24) is 9.97 Å². The van der Waals surface area contributed by atoms with Gasteiger partial charge >= 0.3 is 6.18 Å². The van der Waals surface area contributed by atoms with E-state index in [1.54, 1.807) is 6.20 Å². The van der Waals surface area contributed by atoms with E-state index < -0.39 is 17.3 Å². The Hall–Kier alpha value is -1.63. The fraction of sp³-hybridized carbons (Fsp3) is 0.333. The van der Waals surface area contributed by atoms with Crippen LogP contribution in [0.25, 0.3) is 0 Å². The Balaban J connectivity index is 2.25. The molecule has 0 radical (unpaired) electrons. The lowest BCUT2D eigenvalue weighted by Gasteiger charge is -2.24. The van der Waals surface area contributed by atoms with Crippen molar-refractivity contribution in [3.05, 3.63) is 40.5 Å². The summed E-state index contributed by atoms with van der Waals surface area (Å²) in [4.78, 5) is 8.07. The number of nitrogens with zero attached hydrogens (tertiary/aromatic N) is 2. The molecule has 0 spiro atoms. The molecular weight excluding hydrogens is 275 g/mol. The first kappa shape index (κ1) is 13.8. The van der Waals surface area contributed by atoms with Gasteiger partial charge in [0.05, 0.1) is 11.1 Å². The minimum atomic E-state index is -4.37. The summed E-state index contributed by atoms with van der Waals surface area (Å²) in [5.74, 6) is 0.176. The molecule has 0 unspecified atom stereocenters. The summed E-state index contributed by atoms with van der Waals surface area (Å²) in [5, 5.41) is 5.57. The third-order valence-corrected chi connectivity index (χ3v) is 3.59. The lowest BCUT2D eigenvalue weighted by molar-refractivity contribution is -0.137. The number of hydrogen-bond donors (Lipinski definition) is 1. The zero-order chi connectivity index (χ0) is 14.1. The van der Waals surface area contributed by atoms with Gasteiger partial charge in [0.2, 0.25) is 0 Å². The van der Waals surface area contributed by atoms with Gasteiger partial charge in [-0.05, 0) is 26.0 Å². The van der Waals surface area contributed by atoms with Crippen LogP contribution in [0.3, 0.4) is 0 Å². The Labute approximate surface area is 112 Å². The van der Waals surface area contributed by atoms with E-state index in [1.807, 2.05) is 19.2 Å². The summed E-state index contributed by atoms with van der Waals surface area (Å²) in [7, 11) is 0. The van der Waals surface area contributed by atoms with E-state index in [0.29, 0.717) is 0 Å². The molecular formula is C12H12F3N3S. The smallest absolute Gasteiger partial charge is 0.359 e. The van der Waals surface area contributed by atoms with Gasteiger partial charge in [-0.3, -0.25) is 0 Å². The van der Waals surface area contributed by atoms with Crippen LogP contribution in [0.2, 0.25) is 0 Å². The number of rotatable bonds is 3. The predicted octanol–water partition coefficient (Wildman–Crippen LogP) is 3.90. The third kappa shape index (κ3) is 3.23. The van der Waals surface area contributed by atoms with Crippen LogP contribution in [0, 0.1) is 0 Å². The minimum absolute atomic E-state index is 0.176. The van der Waals surface area contributed by atoms with Gasteiger partial charge in [0.15, 0.2) is 0 Å². The Bertz CT molecular complexity index is 550. The molecule has 1 N–H and O–H groups in total. The fourth-order valence-corrected chi connectivity index (χ4v) is 2.30. The van der Waals surface area contributed by atoms with E-state index in [0.717, 1.165) is 23.3 Å². The number of alkyl halides is 3. The summed E-state index contributed by atoms with van der Waals surface area (Å²) >= 11 is 1.44. The Morgan fingerprint density at radius 3 is 2.47 bits per heavy atom. The molecule has 0 saturated heterocycles. The second-order valence-electron chi connectivity index (χ2n) is 4.51. The maximum Gasteiger partial charge on any atom is 0.416 e. The third-order valence-electron chi connectivity index (χ3n) is 2.49. The van der Waals surface area contributed by atoms with Crippen molar-refractivity contribution in [3.8, 4) is 0 Å². The van der Waals surface area contributed by atoms with Gasteiger partial charge in [0.25, 0.3) is 0 Å². The standard InChI is InChI=1S/C12H12F3N3S/c1-11(2,10-17-5-6-19-10)18-9-7-8(3-4-16-9)12(13,14)15/h3-7H,1-2H3,(H,16,18). The number of nitrogens with one attached hydrogen (secondary N) is 1. The van der Waals surface area contributed by atoms with E-state index in [4.69, 9.17) is 0 Å². The highest BCUT2D eigenvalue weighted by Gasteiger charge is 2.31. The van der Waals surface area contributed by atoms with Gasteiger partial charge in [0, 0.05) is 17.8 Å². The van der Waals surface area contributed by atoms with Crippen molar-refractivity contribution in [2.24, 2.45) is 0 Å². The van der Waals surface area contributed by atoms with Crippen molar-refractivity contribution in [2.45, 2.75) is 25.6 Å². The van der Waals surface area contributed by atoms with E-state index in [-0.39, 0.29) is 5.82 Å². The van der Waals surface area contributed by atoms with Gasteiger partial charge in [-0.25, -0.2) is 9.97 Å². The molecule has 0 aliphatic heterocycles. The van der Waals surface area contributed by atoms with Crippen LogP contribution in [0.4, 0.5) is 19.0 Å². The van der Waals surface area contributed by atoms with E-state index in [2.05, 4.69) is 15.3 Å². The second-order valence-corrected chi connectivity index (χ2v) is 5.41. The molecule has 0 aliphatic rings. The molecule has 2 heterocycles. The number of halogens is 3. The molecule has 2 aromatic rings. The van der Waals surface area contributed by atoms with Gasteiger partial charge in [0.1, 0.15) is 10.8 Å². The van der Waals surface area contributed by atoms with E-state index in [9.17, 15) is 13.2 Å². The predicted molar refractivity (Wildman–Crippen MR) is 68.0 cm³/mol. The molecule has 2 rings (SSSR count). The summed E-state index contributed by atoms with van der Waals surface area (Å²) in [6.07, 6.45) is -1.57. The second kappa shape index (κ2) is 4.80. The van der Waals surface area contributed by atoms with Crippen molar-refractivity contribution < 1.29 is 13.2 Å². The largest absolute Gasteiger partial charge is 0.416 e. The van der Waals surface area contributed by atoms with Crippen molar-refractivity contribution >= 4 is 17.2 Å². The molecule has 7 heteroatoms. The molecule has 102 valence electrons. The molecule has 2 aromatic heterocycles. The molecule has 0 saturated carbocycles. The average molecular weight is 287 g/mol. The first-order valence-corrected chi connectivity index (χ1v) is 6.38. The normalized spacial score (nSPS) is 12.5. The van der Waals surface area contributed by atoms with Crippen LogP contribution in [0.15, 0.2) is 29.9 Å². The van der Waals surface area contributed by atoms with Crippen LogP contribution in [0.1, 0.15) is 24.4 Å². The van der Waals surface area contributed by atoms with Crippen LogP contribution < -0.4 is 5.32 Å². The lowest BCUT2D eigenvalue weighted by atomic mass is 10.1. The molecule has 19 heavy (non-hydrogen) atoms. The van der Waals surface area contributed by atoms with Gasteiger partial charge < -0.3 is 5.32 Å². The number of hydrogen-bond acceptors (Lipinski definition) is 4. The topological polar surface area (TPSA) is 37.8 Å². The highest BCUT2D eigenvalue weighted by Crippen LogP contribution is 2.32. The zero-order valence-electron chi connectivity index (χ0n) is 10.3. The highest BCUT2D eigenvalue weighted by atomic mass is 32.1. The van der Waals surface area contributed by atoms with Crippen molar-refractivity contribution in [2.75, 3.05) is 5.32 Å². The maximum atomic E-state index is 12.6. The Morgan fingerprint density at radius 1 is 1.16 bits per heavy atom. The lowest BCUT2D eigenvalue weighted by Crippen LogP contribution is -2.28. The number of aromatic nitrogens is 2. The molecule has 0 fully saturated rings. The van der Waals surface area contributed by atoms with Crippen LogP contribution in [-0.4, -0.2) is 9.97 Å². The Morgan fingerprint density at radius 2 is 1.89 bits per heavy atom. The van der Waals surface area contributed by atoms with Gasteiger partial charge in [-0.15, -0.1) is 11.3 Å². The van der Waals surface area contributed by atoms with Gasteiger partial charge in [-0.2, -0.15) is 13.2 Å². The molecule has 0 aliphatic carbocycles. The summed E-state index contributed by atoms with van der Waals surface area (Å²) in [5.41, 5.74) is -1.30. The average Bonchev–Trinajstić information content (AvgIpc) is 2.81. The highest BCUT2D eigenvalue weighted by molar-refractivity contribution is 7.09. The molecule has 0 atom stereocenters. The summed E-state index contributed by atoms with van der Waals surface area (Å²) < 4.78 is 37.8. The van der Waals surface area contributed by atoms with Crippen LogP contribution in [-0.2, 0) is 11.7 Å². The summed E-state index contributed by atoms with van der Waals surface area (Å²) in [6.45, 7) is 3.68. The van der Waals surface area contributed by atoms with E-state index in [1.165, 1.54) is 11.3 Å². The fourth-order valence-electron chi connectivity index (χ4n) is 1.58. The first-order valence-electron chi connectivity index (χ1n) is 5.50. The monoisotopic (exact) mass is 287 g/mol.